The number of aromatic amines is 1. The number of hydrogen-bond acceptors (Lipinski definition) is 5. The van der Waals surface area contributed by atoms with E-state index in [-0.39, 0.29) is 5.91 Å². The molecule has 0 unspecified atom stereocenters. The van der Waals surface area contributed by atoms with E-state index in [1.807, 2.05) is 18.0 Å². The number of aliphatic hydroxyl groups excluding tert-OH is 1. The van der Waals surface area contributed by atoms with Crippen LogP contribution in [-0.2, 0) is 11.3 Å². The van der Waals surface area contributed by atoms with E-state index < -0.39 is 17.7 Å². The van der Waals surface area contributed by atoms with Crippen LogP contribution in [0.15, 0.2) is 30.5 Å². The fraction of sp³-hybridized carbons (Fsp3) is 0.360. The molecule has 0 radical (unpaired) electrons. The number of rotatable bonds is 3. The molecule has 176 valence electrons. The van der Waals surface area contributed by atoms with E-state index in [0.717, 1.165) is 46.4 Å². The number of hydrogen-bond donors (Lipinski definition) is 2. The molecule has 0 atom stereocenters. The van der Waals surface area contributed by atoms with Gasteiger partial charge < -0.3 is 19.9 Å². The van der Waals surface area contributed by atoms with Crippen molar-refractivity contribution in [1.29, 1.82) is 0 Å². The minimum absolute atomic E-state index is 0.0482. The third kappa shape index (κ3) is 3.38. The number of halogens is 2. The van der Waals surface area contributed by atoms with Crippen LogP contribution >= 0.6 is 0 Å². The standard InChI is InChI=1S/C25H25F2N5O2/c1-30-12-18-23-16(17-8-19(26)20(27)9-21(17)30)2-5-28-25(23)29-24(18)14-3-6-31(7-4-14)13-22(34)32-10-15(33)11-32/h2-3,5,8-9,15,33H,4,6-7,10-13H2,1H3,(H,28,29). The molecule has 2 aromatic heterocycles. The molecule has 0 aliphatic carbocycles. The number of amides is 1. The molecule has 1 saturated heterocycles. The van der Waals surface area contributed by atoms with Crippen LogP contribution in [0.2, 0.25) is 0 Å². The van der Waals surface area contributed by atoms with Gasteiger partial charge in [0.2, 0.25) is 5.91 Å². The quantitative estimate of drug-likeness (QED) is 0.622. The Balaban J connectivity index is 1.33. The Morgan fingerprint density at radius 3 is 2.76 bits per heavy atom. The van der Waals surface area contributed by atoms with Gasteiger partial charge in [-0.1, -0.05) is 6.08 Å². The Kier molecular flexibility index (Phi) is 4.93. The number of aliphatic hydroxyl groups is 1. The Hall–Kier alpha value is -3.30. The zero-order valence-electron chi connectivity index (χ0n) is 18.8. The van der Waals surface area contributed by atoms with Crippen molar-refractivity contribution in [2.45, 2.75) is 19.1 Å². The number of carbonyl (C=O) groups excluding carboxylic acids is 1. The number of nitrogens with zero attached hydrogens (tertiary/aromatic N) is 4. The summed E-state index contributed by atoms with van der Waals surface area (Å²) in [5.74, 6) is -1.68. The molecule has 3 aliphatic rings. The lowest BCUT2D eigenvalue weighted by molar-refractivity contribution is -0.142. The third-order valence-electron chi connectivity index (χ3n) is 7.12. The Morgan fingerprint density at radius 2 is 2.03 bits per heavy atom. The van der Waals surface area contributed by atoms with Crippen LogP contribution in [0, 0.1) is 11.6 Å². The highest BCUT2D eigenvalue weighted by Crippen LogP contribution is 2.43. The number of anilines is 1. The lowest BCUT2D eigenvalue weighted by Gasteiger charge is -2.37. The molecular formula is C25H25F2N5O2. The number of benzene rings is 1. The van der Waals surface area contributed by atoms with Crippen molar-refractivity contribution in [2.24, 2.45) is 0 Å². The van der Waals surface area contributed by atoms with Crippen molar-refractivity contribution in [3.63, 3.8) is 0 Å². The van der Waals surface area contributed by atoms with E-state index >= 15 is 0 Å². The summed E-state index contributed by atoms with van der Waals surface area (Å²) in [5.41, 5.74) is 6.06. The summed E-state index contributed by atoms with van der Waals surface area (Å²) >= 11 is 0. The molecular weight excluding hydrogens is 440 g/mol. The van der Waals surface area contributed by atoms with E-state index in [2.05, 4.69) is 20.9 Å². The van der Waals surface area contributed by atoms with Gasteiger partial charge in [0.25, 0.3) is 0 Å². The van der Waals surface area contributed by atoms with E-state index in [9.17, 15) is 18.7 Å². The number of carbonyl (C=O) groups is 1. The smallest absolute Gasteiger partial charge is 0.236 e. The van der Waals surface area contributed by atoms with Gasteiger partial charge in [-0.15, -0.1) is 0 Å². The first-order valence-corrected chi connectivity index (χ1v) is 11.5. The average Bonchev–Trinajstić information content (AvgIpc) is 3.11. The summed E-state index contributed by atoms with van der Waals surface area (Å²) in [6, 6.07) is 4.38. The second-order valence-electron chi connectivity index (χ2n) is 9.37. The number of likely N-dealkylation sites (tertiary alicyclic amines) is 1. The fourth-order valence-corrected chi connectivity index (χ4v) is 5.26. The average molecular weight is 466 g/mol. The first-order valence-electron chi connectivity index (χ1n) is 11.5. The zero-order chi connectivity index (χ0) is 23.6. The molecule has 34 heavy (non-hydrogen) atoms. The van der Waals surface area contributed by atoms with E-state index in [4.69, 9.17) is 0 Å². The molecule has 7 nitrogen and oxygen atoms in total. The lowest BCUT2D eigenvalue weighted by Crippen LogP contribution is -2.56. The molecule has 1 fully saturated rings. The summed E-state index contributed by atoms with van der Waals surface area (Å²) in [5, 5.41) is 10.4. The summed E-state index contributed by atoms with van der Waals surface area (Å²) < 4.78 is 28.3. The Morgan fingerprint density at radius 1 is 1.24 bits per heavy atom. The van der Waals surface area contributed by atoms with Crippen LogP contribution in [-0.4, -0.2) is 76.7 Å². The van der Waals surface area contributed by atoms with Crippen molar-refractivity contribution >= 4 is 28.2 Å². The molecule has 0 bridgehead atoms. The minimum atomic E-state index is -0.867. The maximum Gasteiger partial charge on any atom is 0.236 e. The normalized spacial score (nSPS) is 18.5. The monoisotopic (exact) mass is 465 g/mol. The minimum Gasteiger partial charge on any atom is -0.389 e. The highest BCUT2D eigenvalue weighted by Gasteiger charge is 2.31. The summed E-state index contributed by atoms with van der Waals surface area (Å²) in [7, 11) is 1.88. The second-order valence-corrected chi connectivity index (χ2v) is 9.37. The lowest BCUT2D eigenvalue weighted by atomic mass is 9.97. The number of pyridine rings is 1. The maximum atomic E-state index is 14.2. The number of nitrogens with one attached hydrogen (secondary N) is 1. The summed E-state index contributed by atoms with van der Waals surface area (Å²) in [4.78, 5) is 26.1. The van der Waals surface area contributed by atoms with Crippen LogP contribution in [0.25, 0.3) is 27.7 Å². The molecule has 9 heteroatoms. The third-order valence-corrected chi connectivity index (χ3v) is 7.12. The Bertz CT molecular complexity index is 1340. The number of β-amino-alcohol motifs (C(OH)–C–C–N with tert-alkyl or cyclic N) is 1. The highest BCUT2D eigenvalue weighted by molar-refractivity contribution is 6.02. The predicted molar refractivity (Wildman–Crippen MR) is 125 cm³/mol. The van der Waals surface area contributed by atoms with Crippen molar-refractivity contribution in [1.82, 2.24) is 19.8 Å². The van der Waals surface area contributed by atoms with E-state index in [0.29, 0.717) is 44.0 Å². The first kappa shape index (κ1) is 21.2. The van der Waals surface area contributed by atoms with Crippen LogP contribution in [0.1, 0.15) is 17.7 Å². The van der Waals surface area contributed by atoms with Gasteiger partial charge >= 0.3 is 0 Å². The van der Waals surface area contributed by atoms with Gasteiger partial charge in [-0.05, 0) is 29.7 Å². The molecule has 1 amide bonds. The molecule has 2 N–H and O–H groups in total. The van der Waals surface area contributed by atoms with Gasteiger partial charge in [-0.3, -0.25) is 9.69 Å². The van der Waals surface area contributed by atoms with Gasteiger partial charge in [0, 0.05) is 79.9 Å². The van der Waals surface area contributed by atoms with E-state index in [1.54, 1.807) is 11.1 Å². The van der Waals surface area contributed by atoms with Crippen LogP contribution in [0.3, 0.4) is 0 Å². The second kappa shape index (κ2) is 7.89. The van der Waals surface area contributed by atoms with Gasteiger partial charge in [0.15, 0.2) is 11.6 Å². The molecule has 0 spiro atoms. The SMILES string of the molecule is CN1Cc2c(C3=CCN(CC(=O)N4CC(O)C4)CC3)[nH]c3nccc(c23)-c2cc(F)c(F)cc21. The van der Waals surface area contributed by atoms with Crippen molar-refractivity contribution in [2.75, 3.05) is 44.7 Å². The number of fused-ring (bicyclic) bond motifs is 2. The van der Waals surface area contributed by atoms with Crippen molar-refractivity contribution in [3.05, 3.63) is 53.4 Å². The highest BCUT2D eigenvalue weighted by atomic mass is 19.2. The zero-order valence-corrected chi connectivity index (χ0v) is 18.8. The van der Waals surface area contributed by atoms with E-state index in [1.165, 1.54) is 12.1 Å². The van der Waals surface area contributed by atoms with Gasteiger partial charge in [0.1, 0.15) is 5.65 Å². The van der Waals surface area contributed by atoms with Gasteiger partial charge in [-0.25, -0.2) is 13.8 Å². The van der Waals surface area contributed by atoms with Crippen molar-refractivity contribution < 1.29 is 18.7 Å². The van der Waals surface area contributed by atoms with Crippen LogP contribution < -0.4 is 4.90 Å². The summed E-state index contributed by atoms with van der Waals surface area (Å²) in [6.07, 6.45) is 4.20. The van der Waals surface area contributed by atoms with Crippen LogP contribution in [0.5, 0.6) is 0 Å². The predicted octanol–water partition coefficient (Wildman–Crippen LogP) is 2.75. The largest absolute Gasteiger partial charge is 0.389 e. The maximum absolute atomic E-state index is 14.2. The van der Waals surface area contributed by atoms with Gasteiger partial charge in [0.05, 0.1) is 12.6 Å². The first-order chi connectivity index (χ1) is 16.4. The topological polar surface area (TPSA) is 75.7 Å². The van der Waals surface area contributed by atoms with Crippen molar-refractivity contribution in [3.8, 4) is 11.1 Å². The molecule has 5 heterocycles. The molecule has 3 aliphatic heterocycles. The Labute approximate surface area is 195 Å². The fourth-order valence-electron chi connectivity index (χ4n) is 5.26. The van der Waals surface area contributed by atoms with Crippen LogP contribution in [0.4, 0.5) is 14.5 Å². The summed E-state index contributed by atoms with van der Waals surface area (Å²) in [6.45, 7) is 3.12. The molecule has 3 aromatic rings. The molecule has 0 saturated carbocycles. The molecule has 1 aromatic carbocycles. The number of aromatic nitrogens is 2. The molecule has 6 rings (SSSR count). The number of H-pyrrole nitrogens is 1. The van der Waals surface area contributed by atoms with Gasteiger partial charge in [-0.2, -0.15) is 0 Å².